The molecule has 6 heteroatoms. The lowest BCUT2D eigenvalue weighted by molar-refractivity contribution is 0.0700. The molecular weight excluding hydrogens is 331 g/mol. The number of likely N-dealkylation sites (tertiary alicyclic amines) is 1. The van der Waals surface area contributed by atoms with Crippen LogP contribution in [0.4, 0.5) is 4.39 Å². The largest absolute Gasteiger partial charge is 0.337 e. The van der Waals surface area contributed by atoms with Crippen molar-refractivity contribution >= 4 is 5.91 Å². The van der Waals surface area contributed by atoms with Crippen LogP contribution in [0.1, 0.15) is 34.9 Å². The number of H-pyrrole nitrogens is 1. The van der Waals surface area contributed by atoms with E-state index < -0.39 is 0 Å². The van der Waals surface area contributed by atoms with Crippen LogP contribution >= 0.6 is 0 Å². The highest BCUT2D eigenvalue weighted by Gasteiger charge is 2.27. The Morgan fingerprint density at radius 1 is 1.19 bits per heavy atom. The summed E-state index contributed by atoms with van der Waals surface area (Å²) in [7, 11) is 0. The molecule has 5 nitrogen and oxygen atoms in total. The van der Waals surface area contributed by atoms with Crippen molar-refractivity contribution in [3.05, 3.63) is 71.9 Å². The number of amides is 1. The number of halogens is 1. The Balaban J connectivity index is 1.55. The second-order valence-corrected chi connectivity index (χ2v) is 6.52. The highest BCUT2D eigenvalue weighted by atomic mass is 19.1. The maximum atomic E-state index is 13.5. The summed E-state index contributed by atoms with van der Waals surface area (Å²) in [5.41, 5.74) is 2.95. The number of piperidine rings is 1. The summed E-state index contributed by atoms with van der Waals surface area (Å²) >= 11 is 0. The van der Waals surface area contributed by atoms with Crippen LogP contribution in [-0.2, 0) is 0 Å². The lowest BCUT2D eigenvalue weighted by atomic mass is 9.93. The molecule has 3 aromatic rings. The second kappa shape index (κ2) is 7.07. The number of nitrogens with one attached hydrogen (secondary N) is 1. The van der Waals surface area contributed by atoms with E-state index in [9.17, 15) is 9.18 Å². The summed E-state index contributed by atoms with van der Waals surface area (Å²) in [5.74, 6) is -0.138. The van der Waals surface area contributed by atoms with Crippen LogP contribution in [0.2, 0.25) is 0 Å². The van der Waals surface area contributed by atoms with E-state index in [1.807, 2.05) is 29.2 Å². The number of nitrogens with zero attached hydrogens (tertiary/aromatic N) is 3. The van der Waals surface area contributed by atoms with Crippen molar-refractivity contribution in [2.45, 2.75) is 18.8 Å². The molecule has 0 saturated carbocycles. The van der Waals surface area contributed by atoms with Crippen molar-refractivity contribution in [3.8, 4) is 11.3 Å². The molecular formula is C20H19FN4O. The maximum Gasteiger partial charge on any atom is 0.271 e. The third-order valence-corrected chi connectivity index (χ3v) is 4.75. The SMILES string of the molecule is O=C(c1ccn[nH]1)N1CCC[C@H](c2cccc(-c3cccc(F)c3)n2)C1. The van der Waals surface area contributed by atoms with Crippen LogP contribution in [0.15, 0.2) is 54.7 Å². The van der Waals surface area contributed by atoms with Gasteiger partial charge in [0.2, 0.25) is 0 Å². The highest BCUT2D eigenvalue weighted by Crippen LogP contribution is 2.28. The third kappa shape index (κ3) is 3.35. The lowest BCUT2D eigenvalue weighted by Gasteiger charge is -2.32. The Labute approximate surface area is 150 Å². The molecule has 1 amide bonds. The van der Waals surface area contributed by atoms with Gasteiger partial charge in [0, 0.05) is 36.5 Å². The van der Waals surface area contributed by atoms with Crippen molar-refractivity contribution in [3.63, 3.8) is 0 Å². The number of pyridine rings is 1. The van der Waals surface area contributed by atoms with Gasteiger partial charge in [0.05, 0.1) is 5.69 Å². The summed E-state index contributed by atoms with van der Waals surface area (Å²) in [5, 5.41) is 6.58. The van der Waals surface area contributed by atoms with Gasteiger partial charge in [0.1, 0.15) is 11.5 Å². The van der Waals surface area contributed by atoms with Gasteiger partial charge in [-0.1, -0.05) is 18.2 Å². The van der Waals surface area contributed by atoms with E-state index in [0.717, 1.165) is 36.3 Å². The molecule has 1 fully saturated rings. The lowest BCUT2D eigenvalue weighted by Crippen LogP contribution is -2.39. The normalized spacial score (nSPS) is 17.3. The molecule has 1 N–H and O–H groups in total. The minimum atomic E-state index is -0.274. The van der Waals surface area contributed by atoms with Crippen molar-refractivity contribution < 1.29 is 9.18 Å². The summed E-state index contributed by atoms with van der Waals surface area (Å²) in [6, 6.07) is 13.9. The smallest absolute Gasteiger partial charge is 0.271 e. The van der Waals surface area contributed by atoms with E-state index in [-0.39, 0.29) is 17.6 Å². The predicted octanol–water partition coefficient (Wildman–Crippen LogP) is 3.63. The van der Waals surface area contributed by atoms with Gasteiger partial charge in [-0.15, -0.1) is 0 Å². The van der Waals surface area contributed by atoms with Crippen LogP contribution in [0.3, 0.4) is 0 Å². The molecule has 4 rings (SSSR count). The van der Waals surface area contributed by atoms with E-state index in [2.05, 4.69) is 10.2 Å². The van der Waals surface area contributed by atoms with Crippen LogP contribution in [0.5, 0.6) is 0 Å². The monoisotopic (exact) mass is 350 g/mol. The van der Waals surface area contributed by atoms with Gasteiger partial charge in [0.15, 0.2) is 0 Å². The van der Waals surface area contributed by atoms with Gasteiger partial charge >= 0.3 is 0 Å². The van der Waals surface area contributed by atoms with E-state index in [4.69, 9.17) is 4.98 Å². The van der Waals surface area contributed by atoms with Crippen molar-refractivity contribution in [1.82, 2.24) is 20.1 Å². The van der Waals surface area contributed by atoms with Gasteiger partial charge in [-0.3, -0.25) is 14.9 Å². The molecule has 1 aliphatic heterocycles. The summed E-state index contributed by atoms with van der Waals surface area (Å²) in [6.45, 7) is 1.36. The number of carbonyl (C=O) groups excluding carboxylic acids is 1. The number of hydrogen-bond donors (Lipinski definition) is 1. The Morgan fingerprint density at radius 3 is 2.88 bits per heavy atom. The number of hydrogen-bond acceptors (Lipinski definition) is 3. The molecule has 0 spiro atoms. The molecule has 1 saturated heterocycles. The summed E-state index contributed by atoms with van der Waals surface area (Å²) < 4.78 is 13.5. The second-order valence-electron chi connectivity index (χ2n) is 6.52. The number of benzene rings is 1. The molecule has 1 atom stereocenters. The van der Waals surface area contributed by atoms with Gasteiger partial charge in [-0.25, -0.2) is 4.39 Å². The standard InChI is InChI=1S/C20H19FN4O/c21-16-6-1-4-14(12-16)17-7-2-8-18(23-17)15-5-3-11-25(13-15)20(26)19-9-10-22-24-19/h1-2,4,6-10,12,15H,3,5,11,13H2,(H,22,24)/t15-/m0/s1. The van der Waals surface area contributed by atoms with Crippen LogP contribution in [0.25, 0.3) is 11.3 Å². The van der Waals surface area contributed by atoms with E-state index in [1.165, 1.54) is 12.1 Å². The number of rotatable bonds is 3. The van der Waals surface area contributed by atoms with Crippen LogP contribution < -0.4 is 0 Å². The summed E-state index contributed by atoms with van der Waals surface area (Å²) in [4.78, 5) is 19.1. The molecule has 3 heterocycles. The minimum Gasteiger partial charge on any atom is -0.337 e. The fourth-order valence-corrected chi connectivity index (χ4v) is 3.44. The number of aromatic amines is 1. The van der Waals surface area contributed by atoms with Crippen molar-refractivity contribution in [2.75, 3.05) is 13.1 Å². The number of carbonyl (C=O) groups is 1. The Kier molecular flexibility index (Phi) is 4.48. The first-order valence-corrected chi connectivity index (χ1v) is 8.72. The van der Waals surface area contributed by atoms with Gasteiger partial charge in [0.25, 0.3) is 5.91 Å². The predicted molar refractivity (Wildman–Crippen MR) is 96.1 cm³/mol. The van der Waals surface area contributed by atoms with E-state index in [1.54, 1.807) is 18.3 Å². The molecule has 1 aliphatic rings. The zero-order valence-corrected chi connectivity index (χ0v) is 14.2. The topological polar surface area (TPSA) is 61.9 Å². The van der Waals surface area contributed by atoms with Gasteiger partial charge in [-0.2, -0.15) is 5.10 Å². The zero-order valence-electron chi connectivity index (χ0n) is 14.2. The van der Waals surface area contributed by atoms with Crippen LogP contribution in [-0.4, -0.2) is 39.1 Å². The molecule has 132 valence electrons. The first-order chi connectivity index (χ1) is 12.7. The fourth-order valence-electron chi connectivity index (χ4n) is 3.44. The Morgan fingerprint density at radius 2 is 2.08 bits per heavy atom. The Hall–Kier alpha value is -3.02. The van der Waals surface area contributed by atoms with Crippen molar-refractivity contribution in [2.24, 2.45) is 0 Å². The van der Waals surface area contributed by atoms with Gasteiger partial charge in [-0.05, 0) is 43.2 Å². The quantitative estimate of drug-likeness (QED) is 0.785. The molecule has 0 radical (unpaired) electrons. The van der Waals surface area contributed by atoms with Gasteiger partial charge < -0.3 is 4.90 Å². The first kappa shape index (κ1) is 16.4. The minimum absolute atomic E-state index is 0.0338. The zero-order chi connectivity index (χ0) is 17.9. The third-order valence-electron chi connectivity index (χ3n) is 4.75. The average Bonchev–Trinajstić information content (AvgIpc) is 3.22. The van der Waals surface area contributed by atoms with Crippen LogP contribution in [0, 0.1) is 5.82 Å². The summed E-state index contributed by atoms with van der Waals surface area (Å²) in [6.07, 6.45) is 3.49. The molecule has 26 heavy (non-hydrogen) atoms. The Bertz CT molecular complexity index is 910. The maximum absolute atomic E-state index is 13.5. The number of aromatic nitrogens is 3. The first-order valence-electron chi connectivity index (χ1n) is 8.72. The molecule has 0 unspecified atom stereocenters. The van der Waals surface area contributed by atoms with E-state index >= 15 is 0 Å². The van der Waals surface area contributed by atoms with E-state index in [0.29, 0.717) is 12.2 Å². The van der Waals surface area contributed by atoms with Crippen molar-refractivity contribution in [1.29, 1.82) is 0 Å². The molecule has 0 aliphatic carbocycles. The average molecular weight is 350 g/mol. The molecule has 0 bridgehead atoms. The molecule has 1 aromatic carbocycles. The highest BCUT2D eigenvalue weighted by molar-refractivity contribution is 5.92. The fraction of sp³-hybridized carbons (Fsp3) is 0.250. The molecule has 2 aromatic heterocycles.